The highest BCUT2D eigenvalue weighted by Crippen LogP contribution is 2.33. The van der Waals surface area contributed by atoms with Crippen molar-refractivity contribution in [1.29, 1.82) is 0 Å². The van der Waals surface area contributed by atoms with Gasteiger partial charge in [-0.25, -0.2) is 0 Å². The molecule has 156 valence electrons. The van der Waals surface area contributed by atoms with E-state index in [2.05, 4.69) is 10.3 Å². The summed E-state index contributed by atoms with van der Waals surface area (Å²) in [5, 5.41) is 5.22. The Morgan fingerprint density at radius 1 is 1.17 bits per heavy atom. The Hall–Kier alpha value is -2.86. The van der Waals surface area contributed by atoms with E-state index in [0.717, 1.165) is 53.0 Å². The summed E-state index contributed by atoms with van der Waals surface area (Å²) in [6.07, 6.45) is 1.97. The number of piperidine rings is 1. The molecule has 2 aliphatic heterocycles. The first-order chi connectivity index (χ1) is 14.6. The minimum absolute atomic E-state index is 0.0356. The second-order valence-electron chi connectivity index (χ2n) is 7.91. The van der Waals surface area contributed by atoms with Crippen LogP contribution in [-0.4, -0.2) is 48.1 Å². The van der Waals surface area contributed by atoms with Gasteiger partial charge in [-0.15, -0.1) is 0 Å². The van der Waals surface area contributed by atoms with Crippen LogP contribution in [0.15, 0.2) is 36.4 Å². The Morgan fingerprint density at radius 3 is 2.87 bits per heavy atom. The standard InChI is InChI=1S/C23H24ClN3O3/c1-14-18-11-15(24)4-6-19(18)26-22(14)23(28)27-8-2-3-17(13-27)25-16-5-7-20-21(12-16)30-10-9-29-20/h4-7,11-12,17,25-26H,2-3,8-10,13H2,1H3/t17-/m1/s1. The predicted octanol–water partition coefficient (Wildman–Crippen LogP) is 4.62. The van der Waals surface area contributed by atoms with Gasteiger partial charge in [0.2, 0.25) is 0 Å². The van der Waals surface area contributed by atoms with E-state index in [4.69, 9.17) is 21.1 Å². The van der Waals surface area contributed by atoms with Gasteiger partial charge in [0.1, 0.15) is 18.9 Å². The number of hydrogen-bond donors (Lipinski definition) is 2. The average molecular weight is 426 g/mol. The molecule has 0 spiro atoms. The van der Waals surface area contributed by atoms with Gasteiger partial charge in [-0.3, -0.25) is 4.79 Å². The van der Waals surface area contributed by atoms with Crippen LogP contribution in [0.4, 0.5) is 5.69 Å². The third kappa shape index (κ3) is 3.56. The minimum atomic E-state index is 0.0356. The highest BCUT2D eigenvalue weighted by atomic mass is 35.5. The summed E-state index contributed by atoms with van der Waals surface area (Å²) in [6, 6.07) is 11.8. The number of halogens is 1. The lowest BCUT2D eigenvalue weighted by Crippen LogP contribution is -2.45. The maximum Gasteiger partial charge on any atom is 0.270 e. The Kier molecular flexibility index (Phi) is 4.95. The van der Waals surface area contributed by atoms with Gasteiger partial charge in [-0.05, 0) is 55.7 Å². The fourth-order valence-electron chi connectivity index (χ4n) is 4.32. The van der Waals surface area contributed by atoms with Crippen molar-refractivity contribution in [2.24, 2.45) is 0 Å². The number of aromatic nitrogens is 1. The van der Waals surface area contributed by atoms with Crippen molar-refractivity contribution in [2.45, 2.75) is 25.8 Å². The highest BCUT2D eigenvalue weighted by Gasteiger charge is 2.27. The molecule has 30 heavy (non-hydrogen) atoms. The van der Waals surface area contributed by atoms with Crippen molar-refractivity contribution < 1.29 is 14.3 Å². The van der Waals surface area contributed by atoms with Crippen LogP contribution in [0.1, 0.15) is 28.9 Å². The van der Waals surface area contributed by atoms with Crippen molar-refractivity contribution in [2.75, 3.05) is 31.6 Å². The number of aromatic amines is 1. The molecule has 0 bridgehead atoms. The molecule has 5 rings (SSSR count). The number of H-pyrrole nitrogens is 1. The molecule has 3 aromatic rings. The Balaban J connectivity index is 1.32. The van der Waals surface area contributed by atoms with Crippen molar-refractivity contribution in [3.63, 3.8) is 0 Å². The minimum Gasteiger partial charge on any atom is -0.486 e. The summed E-state index contributed by atoms with van der Waals surface area (Å²) >= 11 is 6.13. The van der Waals surface area contributed by atoms with Crippen LogP contribution in [0, 0.1) is 6.92 Å². The van der Waals surface area contributed by atoms with Crippen molar-refractivity contribution in [1.82, 2.24) is 9.88 Å². The van der Waals surface area contributed by atoms with Crippen LogP contribution >= 0.6 is 11.6 Å². The molecule has 1 fully saturated rings. The number of fused-ring (bicyclic) bond motifs is 2. The van der Waals surface area contributed by atoms with Gasteiger partial charge in [0.05, 0.1) is 0 Å². The maximum atomic E-state index is 13.3. The van der Waals surface area contributed by atoms with E-state index in [1.54, 1.807) is 0 Å². The number of carbonyl (C=O) groups is 1. The molecule has 7 heteroatoms. The Morgan fingerprint density at radius 2 is 2.00 bits per heavy atom. The fraction of sp³-hybridized carbons (Fsp3) is 0.348. The number of carbonyl (C=O) groups excluding carboxylic acids is 1. The molecule has 2 N–H and O–H groups in total. The number of ether oxygens (including phenoxy) is 2. The van der Waals surface area contributed by atoms with E-state index in [0.29, 0.717) is 30.5 Å². The zero-order chi connectivity index (χ0) is 20.7. The van der Waals surface area contributed by atoms with Gasteiger partial charge in [0, 0.05) is 46.8 Å². The summed E-state index contributed by atoms with van der Waals surface area (Å²) in [5.41, 5.74) is 3.50. The van der Waals surface area contributed by atoms with Gasteiger partial charge in [0.15, 0.2) is 11.5 Å². The average Bonchev–Trinajstić information content (AvgIpc) is 3.09. The maximum absolute atomic E-state index is 13.3. The predicted molar refractivity (Wildman–Crippen MR) is 118 cm³/mol. The van der Waals surface area contributed by atoms with Gasteiger partial charge in [0.25, 0.3) is 5.91 Å². The van der Waals surface area contributed by atoms with Crippen molar-refractivity contribution >= 4 is 34.1 Å². The third-order valence-corrected chi connectivity index (χ3v) is 6.09. The van der Waals surface area contributed by atoms with Crippen LogP contribution in [0.5, 0.6) is 11.5 Å². The number of rotatable bonds is 3. The summed E-state index contributed by atoms with van der Waals surface area (Å²) in [7, 11) is 0. The fourth-order valence-corrected chi connectivity index (χ4v) is 4.49. The molecule has 1 aromatic heterocycles. The number of anilines is 1. The molecule has 0 saturated carbocycles. The van der Waals surface area contributed by atoms with Crippen LogP contribution in [-0.2, 0) is 0 Å². The van der Waals surface area contributed by atoms with Crippen LogP contribution in [0.25, 0.3) is 10.9 Å². The first kappa shape index (κ1) is 19.1. The molecule has 1 amide bonds. The van der Waals surface area contributed by atoms with Crippen LogP contribution in [0.3, 0.4) is 0 Å². The topological polar surface area (TPSA) is 66.6 Å². The number of nitrogens with zero attached hydrogens (tertiary/aromatic N) is 1. The molecule has 1 saturated heterocycles. The molecule has 2 aliphatic rings. The van der Waals surface area contributed by atoms with Crippen LogP contribution < -0.4 is 14.8 Å². The summed E-state index contributed by atoms with van der Waals surface area (Å²) in [6.45, 7) is 4.53. The lowest BCUT2D eigenvalue weighted by Gasteiger charge is -2.34. The van der Waals surface area contributed by atoms with E-state index < -0.39 is 0 Å². The highest BCUT2D eigenvalue weighted by molar-refractivity contribution is 6.31. The number of hydrogen-bond acceptors (Lipinski definition) is 4. The molecular weight excluding hydrogens is 402 g/mol. The molecular formula is C23H24ClN3O3. The first-order valence-corrected chi connectivity index (χ1v) is 10.7. The van der Waals surface area contributed by atoms with E-state index >= 15 is 0 Å². The monoisotopic (exact) mass is 425 g/mol. The van der Waals surface area contributed by atoms with Gasteiger partial charge in [-0.1, -0.05) is 11.6 Å². The lowest BCUT2D eigenvalue weighted by atomic mass is 10.0. The van der Waals surface area contributed by atoms with Gasteiger partial charge >= 0.3 is 0 Å². The van der Waals surface area contributed by atoms with Crippen molar-refractivity contribution in [3.05, 3.63) is 52.7 Å². The third-order valence-electron chi connectivity index (χ3n) is 5.86. The molecule has 0 unspecified atom stereocenters. The second-order valence-corrected chi connectivity index (χ2v) is 8.34. The van der Waals surface area contributed by atoms with E-state index in [9.17, 15) is 4.79 Å². The summed E-state index contributed by atoms with van der Waals surface area (Å²) < 4.78 is 11.3. The number of aryl methyl sites for hydroxylation is 1. The molecule has 6 nitrogen and oxygen atoms in total. The largest absolute Gasteiger partial charge is 0.486 e. The smallest absolute Gasteiger partial charge is 0.270 e. The zero-order valence-electron chi connectivity index (χ0n) is 16.8. The number of amides is 1. The first-order valence-electron chi connectivity index (χ1n) is 10.3. The lowest BCUT2D eigenvalue weighted by molar-refractivity contribution is 0.0709. The van der Waals surface area contributed by atoms with Crippen LogP contribution in [0.2, 0.25) is 5.02 Å². The van der Waals surface area contributed by atoms with E-state index in [1.165, 1.54) is 0 Å². The second kappa shape index (κ2) is 7.76. The molecule has 3 heterocycles. The van der Waals surface area contributed by atoms with Gasteiger partial charge in [-0.2, -0.15) is 0 Å². The molecule has 2 aromatic carbocycles. The van der Waals surface area contributed by atoms with E-state index in [1.807, 2.05) is 48.2 Å². The number of likely N-dealkylation sites (tertiary alicyclic amines) is 1. The molecule has 0 aliphatic carbocycles. The van der Waals surface area contributed by atoms with Crippen molar-refractivity contribution in [3.8, 4) is 11.5 Å². The Bertz CT molecular complexity index is 1110. The summed E-state index contributed by atoms with van der Waals surface area (Å²) in [4.78, 5) is 18.5. The zero-order valence-corrected chi connectivity index (χ0v) is 17.6. The summed E-state index contributed by atoms with van der Waals surface area (Å²) in [5.74, 6) is 1.58. The number of nitrogens with one attached hydrogen (secondary N) is 2. The number of benzene rings is 2. The molecule has 1 atom stereocenters. The Labute approximate surface area is 180 Å². The quantitative estimate of drug-likeness (QED) is 0.642. The SMILES string of the molecule is Cc1c(C(=O)N2CCC[C@@H](Nc3ccc4c(c3)OCCO4)C2)[nH]c2ccc(Cl)cc12. The van der Waals surface area contributed by atoms with Gasteiger partial charge < -0.3 is 24.7 Å². The molecule has 0 radical (unpaired) electrons. The van der Waals surface area contributed by atoms with E-state index in [-0.39, 0.29) is 11.9 Å². The normalized spacial score (nSPS) is 18.5.